The number of imidazole rings is 1. The molecule has 1 aromatic carbocycles. The number of amides is 3. The van der Waals surface area contributed by atoms with Gasteiger partial charge in [-0.3, -0.25) is 9.36 Å². The van der Waals surface area contributed by atoms with Gasteiger partial charge in [-0.25, -0.2) is 14.8 Å². The molecule has 2 aromatic heterocycles. The quantitative estimate of drug-likeness (QED) is 0.407. The summed E-state index contributed by atoms with van der Waals surface area (Å²) in [5.74, 6) is 2.15. The number of rotatable bonds is 8. The molecule has 1 saturated heterocycles. The highest BCUT2D eigenvalue weighted by Crippen LogP contribution is 2.34. The molecule has 2 unspecified atom stereocenters. The summed E-state index contributed by atoms with van der Waals surface area (Å²) >= 11 is 6.37. The minimum absolute atomic E-state index is 0.143. The molecule has 3 aromatic rings. The number of carbonyl (C=O) groups excluding carboxylic acids is 2. The SMILES string of the molecule is CCCNC(=O)N1CCN(c2cc(Cl)nc(-n3ccnc3)n2)C(CC(=O)NC(C)c2ccc3c(c2)OCO3)C1. The highest BCUT2D eigenvalue weighted by Gasteiger charge is 2.33. The Hall–Kier alpha value is -4.06. The van der Waals surface area contributed by atoms with Crippen LogP contribution in [0, 0.1) is 0 Å². The number of aromatic nitrogens is 4. The molecule has 13 heteroatoms. The Morgan fingerprint density at radius 2 is 2.03 bits per heavy atom. The normalized spacial score (nSPS) is 17.2. The van der Waals surface area contributed by atoms with Crippen LogP contribution >= 0.6 is 11.6 Å². The van der Waals surface area contributed by atoms with Crippen LogP contribution in [0.4, 0.5) is 10.6 Å². The first-order valence-electron chi connectivity index (χ1n) is 12.9. The van der Waals surface area contributed by atoms with Crippen LogP contribution in [0.5, 0.6) is 11.5 Å². The van der Waals surface area contributed by atoms with Gasteiger partial charge in [0, 0.05) is 51.1 Å². The average molecular weight is 555 g/mol. The molecule has 0 saturated carbocycles. The van der Waals surface area contributed by atoms with E-state index in [2.05, 4.69) is 20.6 Å². The Labute approximate surface area is 231 Å². The molecule has 2 atom stereocenters. The maximum Gasteiger partial charge on any atom is 0.317 e. The fourth-order valence-electron chi connectivity index (χ4n) is 4.67. The van der Waals surface area contributed by atoms with Gasteiger partial charge in [-0.05, 0) is 31.0 Å². The van der Waals surface area contributed by atoms with E-state index in [1.807, 2.05) is 36.9 Å². The second kappa shape index (κ2) is 11.8. The van der Waals surface area contributed by atoms with Gasteiger partial charge in [-0.2, -0.15) is 4.98 Å². The van der Waals surface area contributed by atoms with Gasteiger partial charge in [0.25, 0.3) is 0 Å². The van der Waals surface area contributed by atoms with Crippen molar-refractivity contribution in [3.63, 3.8) is 0 Å². The van der Waals surface area contributed by atoms with Crippen LogP contribution in [0.15, 0.2) is 43.0 Å². The van der Waals surface area contributed by atoms with Gasteiger partial charge in [0.1, 0.15) is 17.3 Å². The summed E-state index contributed by atoms with van der Waals surface area (Å²) in [6.07, 6.45) is 5.94. The molecule has 2 aliphatic heterocycles. The smallest absolute Gasteiger partial charge is 0.317 e. The summed E-state index contributed by atoms with van der Waals surface area (Å²) in [4.78, 5) is 42.9. The van der Waals surface area contributed by atoms with E-state index in [9.17, 15) is 9.59 Å². The zero-order chi connectivity index (χ0) is 27.4. The van der Waals surface area contributed by atoms with Crippen LogP contribution in [0.2, 0.25) is 5.15 Å². The topological polar surface area (TPSA) is 127 Å². The number of nitrogens with zero attached hydrogens (tertiary/aromatic N) is 6. The summed E-state index contributed by atoms with van der Waals surface area (Å²) in [6, 6.07) is 6.56. The summed E-state index contributed by atoms with van der Waals surface area (Å²) in [7, 11) is 0. The summed E-state index contributed by atoms with van der Waals surface area (Å²) in [5, 5.41) is 6.28. The maximum atomic E-state index is 13.3. The van der Waals surface area contributed by atoms with Crippen LogP contribution in [0.1, 0.15) is 38.3 Å². The molecule has 2 aliphatic rings. The zero-order valence-electron chi connectivity index (χ0n) is 21.8. The number of anilines is 1. The van der Waals surface area contributed by atoms with Gasteiger partial charge in [0.15, 0.2) is 11.5 Å². The number of hydrogen-bond donors (Lipinski definition) is 2. The van der Waals surface area contributed by atoms with Crippen molar-refractivity contribution in [1.82, 2.24) is 35.1 Å². The standard InChI is InChI=1S/C26H31ClN8O4/c1-3-6-29-26(37)33-9-10-35(23-13-22(27)31-25(32-23)34-8-7-28-15-34)19(14-33)12-24(36)30-17(2)18-4-5-20-21(11-18)39-16-38-20/h4-5,7-8,11,13,15,17,19H,3,6,9-10,12,14,16H2,1-2H3,(H,29,37)(H,30,36). The Kier molecular flexibility index (Phi) is 8.01. The molecule has 0 aliphatic carbocycles. The molecular formula is C26H31ClN8O4. The Morgan fingerprint density at radius 1 is 1.18 bits per heavy atom. The van der Waals surface area contributed by atoms with E-state index in [1.54, 1.807) is 34.3 Å². The highest BCUT2D eigenvalue weighted by atomic mass is 35.5. The molecule has 0 bridgehead atoms. The molecule has 5 rings (SSSR count). The van der Waals surface area contributed by atoms with Crippen molar-refractivity contribution < 1.29 is 19.1 Å². The summed E-state index contributed by atoms with van der Waals surface area (Å²) in [6.45, 7) is 6.00. The van der Waals surface area contributed by atoms with Gasteiger partial charge >= 0.3 is 6.03 Å². The van der Waals surface area contributed by atoms with E-state index in [-0.39, 0.29) is 42.4 Å². The second-order valence-corrected chi connectivity index (χ2v) is 9.84. The molecule has 0 radical (unpaired) electrons. The van der Waals surface area contributed by atoms with E-state index in [0.717, 1.165) is 12.0 Å². The van der Waals surface area contributed by atoms with Crippen molar-refractivity contribution in [3.8, 4) is 17.4 Å². The first kappa shape index (κ1) is 26.5. The molecule has 12 nitrogen and oxygen atoms in total. The van der Waals surface area contributed by atoms with E-state index < -0.39 is 0 Å². The number of nitrogens with one attached hydrogen (secondary N) is 2. The van der Waals surface area contributed by atoms with Gasteiger partial charge in [0.05, 0.1) is 12.1 Å². The number of benzene rings is 1. The largest absolute Gasteiger partial charge is 0.454 e. The number of urea groups is 1. The lowest BCUT2D eigenvalue weighted by Gasteiger charge is -2.42. The maximum absolute atomic E-state index is 13.3. The van der Waals surface area contributed by atoms with Gasteiger partial charge in [0.2, 0.25) is 18.6 Å². The lowest BCUT2D eigenvalue weighted by molar-refractivity contribution is -0.122. The first-order chi connectivity index (χ1) is 18.9. The monoisotopic (exact) mass is 554 g/mol. The van der Waals surface area contributed by atoms with Crippen molar-refractivity contribution in [3.05, 3.63) is 53.7 Å². The van der Waals surface area contributed by atoms with Crippen molar-refractivity contribution in [2.75, 3.05) is 37.9 Å². The van der Waals surface area contributed by atoms with Crippen molar-refractivity contribution in [1.29, 1.82) is 0 Å². The van der Waals surface area contributed by atoms with Gasteiger partial charge < -0.3 is 29.9 Å². The fourth-order valence-corrected chi connectivity index (χ4v) is 4.85. The van der Waals surface area contributed by atoms with Crippen molar-refractivity contribution >= 4 is 29.4 Å². The summed E-state index contributed by atoms with van der Waals surface area (Å²) in [5.41, 5.74) is 0.904. The molecule has 0 spiro atoms. The summed E-state index contributed by atoms with van der Waals surface area (Å²) < 4.78 is 12.5. The molecule has 3 amide bonds. The molecule has 4 heterocycles. The Bertz CT molecular complexity index is 1320. The number of piperazine rings is 1. The molecule has 206 valence electrons. The first-order valence-corrected chi connectivity index (χ1v) is 13.3. The second-order valence-electron chi connectivity index (χ2n) is 9.45. The van der Waals surface area contributed by atoms with Crippen molar-refractivity contribution in [2.45, 2.75) is 38.8 Å². The third-order valence-corrected chi connectivity index (χ3v) is 6.88. The van der Waals surface area contributed by atoms with Crippen LogP contribution in [-0.2, 0) is 4.79 Å². The van der Waals surface area contributed by atoms with Crippen LogP contribution in [0.3, 0.4) is 0 Å². The lowest BCUT2D eigenvalue weighted by atomic mass is 10.1. The predicted molar refractivity (Wildman–Crippen MR) is 144 cm³/mol. The van der Waals surface area contributed by atoms with Crippen LogP contribution in [0.25, 0.3) is 5.95 Å². The number of ether oxygens (including phenoxy) is 2. The Morgan fingerprint density at radius 3 is 2.82 bits per heavy atom. The minimum Gasteiger partial charge on any atom is -0.454 e. The van der Waals surface area contributed by atoms with E-state index in [1.165, 1.54) is 0 Å². The number of hydrogen-bond acceptors (Lipinski definition) is 8. The van der Waals surface area contributed by atoms with Crippen LogP contribution < -0.4 is 25.0 Å². The number of fused-ring (bicyclic) bond motifs is 1. The van der Waals surface area contributed by atoms with Crippen LogP contribution in [-0.4, -0.2) is 75.4 Å². The van der Waals surface area contributed by atoms with Gasteiger partial charge in [-0.1, -0.05) is 24.6 Å². The predicted octanol–water partition coefficient (Wildman–Crippen LogP) is 2.92. The third kappa shape index (κ3) is 6.17. The lowest BCUT2D eigenvalue weighted by Crippen LogP contribution is -2.58. The minimum atomic E-state index is -0.336. The van der Waals surface area contributed by atoms with Crippen molar-refractivity contribution in [2.24, 2.45) is 0 Å². The highest BCUT2D eigenvalue weighted by molar-refractivity contribution is 6.29. The molecule has 39 heavy (non-hydrogen) atoms. The molecule has 1 fully saturated rings. The third-order valence-electron chi connectivity index (χ3n) is 6.69. The zero-order valence-corrected chi connectivity index (χ0v) is 22.6. The fraction of sp³-hybridized carbons (Fsp3) is 0.423. The van der Waals surface area contributed by atoms with E-state index in [0.29, 0.717) is 49.4 Å². The number of carbonyl (C=O) groups is 2. The van der Waals surface area contributed by atoms with E-state index >= 15 is 0 Å². The molecule has 2 N–H and O–H groups in total. The number of halogens is 1. The van der Waals surface area contributed by atoms with E-state index in [4.69, 9.17) is 26.1 Å². The Balaban J connectivity index is 1.34. The average Bonchev–Trinajstić information content (AvgIpc) is 3.63. The molecular weight excluding hydrogens is 524 g/mol. The van der Waals surface area contributed by atoms with Gasteiger partial charge in [-0.15, -0.1) is 0 Å².